The first-order chi connectivity index (χ1) is 9.31. The van der Waals surface area contributed by atoms with E-state index in [4.69, 9.17) is 15.6 Å². The van der Waals surface area contributed by atoms with Crippen molar-refractivity contribution in [2.24, 2.45) is 5.73 Å². The van der Waals surface area contributed by atoms with Gasteiger partial charge in [0.15, 0.2) is 9.84 Å². The predicted octanol–water partition coefficient (Wildman–Crippen LogP) is 0.490. The minimum atomic E-state index is -4.03. The molecular formula is C13H23NO6S. The molecular weight excluding hydrogens is 298 g/mol. The number of carbonyl (C=O) groups excluding carboxylic acids is 1. The number of nitrogens with two attached hydrogens (primary N) is 1. The monoisotopic (exact) mass is 321 g/mol. The van der Waals surface area contributed by atoms with Crippen LogP contribution < -0.4 is 5.73 Å². The van der Waals surface area contributed by atoms with Crippen LogP contribution in [0, 0.1) is 0 Å². The molecule has 0 aromatic carbocycles. The van der Waals surface area contributed by atoms with E-state index >= 15 is 0 Å². The molecule has 8 heteroatoms. The molecule has 0 bridgehead atoms. The minimum absolute atomic E-state index is 0.0905. The van der Waals surface area contributed by atoms with E-state index < -0.39 is 43.7 Å². The van der Waals surface area contributed by atoms with Gasteiger partial charge in [-0.25, -0.2) is 8.42 Å². The van der Waals surface area contributed by atoms with Crippen molar-refractivity contribution in [1.82, 2.24) is 0 Å². The SMILES string of the molecule is C=CCOC(=O)CC(C)([C@@H](N)C(=O)O)S(=O)(=O)C(C)(C)C. The molecule has 2 atom stereocenters. The normalized spacial score (nSPS) is 16.6. The highest BCUT2D eigenvalue weighted by Crippen LogP contribution is 2.34. The minimum Gasteiger partial charge on any atom is -0.480 e. The van der Waals surface area contributed by atoms with Crippen LogP contribution in [0.3, 0.4) is 0 Å². The molecule has 0 fully saturated rings. The number of sulfone groups is 1. The van der Waals surface area contributed by atoms with Crippen LogP contribution >= 0.6 is 0 Å². The highest BCUT2D eigenvalue weighted by Gasteiger charge is 2.54. The van der Waals surface area contributed by atoms with Gasteiger partial charge < -0.3 is 15.6 Å². The zero-order chi connectivity index (χ0) is 17.1. The van der Waals surface area contributed by atoms with Gasteiger partial charge in [0.25, 0.3) is 0 Å². The van der Waals surface area contributed by atoms with Crippen molar-refractivity contribution in [2.75, 3.05) is 6.61 Å². The Kier molecular flexibility index (Phi) is 6.13. The second-order valence-electron chi connectivity index (χ2n) is 5.89. The number of rotatable bonds is 7. The van der Waals surface area contributed by atoms with Gasteiger partial charge in [0, 0.05) is 0 Å². The summed E-state index contributed by atoms with van der Waals surface area (Å²) in [5.74, 6) is -2.34. The number of esters is 1. The lowest BCUT2D eigenvalue weighted by Gasteiger charge is -2.37. The first-order valence-electron chi connectivity index (χ1n) is 6.30. The number of hydrogen-bond donors (Lipinski definition) is 2. The summed E-state index contributed by atoms with van der Waals surface area (Å²) in [5, 5.41) is 9.08. The van der Waals surface area contributed by atoms with Crippen molar-refractivity contribution >= 4 is 21.8 Å². The number of hydrogen-bond acceptors (Lipinski definition) is 6. The third-order valence-corrected chi connectivity index (χ3v) is 6.44. The summed E-state index contributed by atoms with van der Waals surface area (Å²) in [6, 6.07) is -1.75. The van der Waals surface area contributed by atoms with Gasteiger partial charge >= 0.3 is 11.9 Å². The van der Waals surface area contributed by atoms with Gasteiger partial charge in [-0.1, -0.05) is 12.7 Å². The van der Waals surface area contributed by atoms with Crippen molar-refractivity contribution in [1.29, 1.82) is 0 Å². The number of carboxylic acid groups (broad SMARTS) is 1. The van der Waals surface area contributed by atoms with Gasteiger partial charge in [-0.3, -0.25) is 9.59 Å². The molecule has 0 rings (SSSR count). The third-order valence-electron chi connectivity index (χ3n) is 3.20. The first-order valence-corrected chi connectivity index (χ1v) is 7.78. The highest BCUT2D eigenvalue weighted by atomic mass is 32.2. The van der Waals surface area contributed by atoms with Crippen LogP contribution in [0.5, 0.6) is 0 Å². The van der Waals surface area contributed by atoms with Crippen LogP contribution in [0.25, 0.3) is 0 Å². The van der Waals surface area contributed by atoms with E-state index in [0.717, 1.165) is 6.92 Å². The largest absolute Gasteiger partial charge is 0.480 e. The fraction of sp³-hybridized carbons (Fsp3) is 0.692. The van der Waals surface area contributed by atoms with Crippen LogP contribution in [0.2, 0.25) is 0 Å². The Balaban J connectivity index is 5.77. The molecule has 0 radical (unpaired) electrons. The Labute approximate surface area is 125 Å². The Morgan fingerprint density at radius 3 is 2.14 bits per heavy atom. The fourth-order valence-electron chi connectivity index (χ4n) is 1.82. The first kappa shape index (κ1) is 19.6. The van der Waals surface area contributed by atoms with Gasteiger partial charge in [-0.15, -0.1) is 0 Å². The predicted molar refractivity (Wildman–Crippen MR) is 78.5 cm³/mol. The van der Waals surface area contributed by atoms with Crippen molar-refractivity contribution in [3.05, 3.63) is 12.7 Å². The summed E-state index contributed by atoms with van der Waals surface area (Å²) in [4.78, 5) is 22.9. The quantitative estimate of drug-likeness (QED) is 0.516. The molecule has 0 saturated carbocycles. The van der Waals surface area contributed by atoms with E-state index in [0.29, 0.717) is 0 Å². The molecule has 122 valence electrons. The van der Waals surface area contributed by atoms with Crippen LogP contribution in [0.1, 0.15) is 34.1 Å². The second kappa shape index (κ2) is 6.57. The molecule has 21 heavy (non-hydrogen) atoms. The van der Waals surface area contributed by atoms with E-state index in [-0.39, 0.29) is 6.61 Å². The molecule has 0 amide bonds. The average Bonchev–Trinajstić information content (AvgIpc) is 2.33. The Morgan fingerprint density at radius 2 is 1.81 bits per heavy atom. The Morgan fingerprint density at radius 1 is 1.33 bits per heavy atom. The van der Waals surface area contributed by atoms with E-state index in [2.05, 4.69) is 6.58 Å². The Hall–Kier alpha value is -1.41. The summed E-state index contributed by atoms with van der Waals surface area (Å²) >= 11 is 0. The molecule has 0 aliphatic rings. The average molecular weight is 321 g/mol. The Bertz CT molecular complexity index is 519. The molecule has 1 unspecified atom stereocenters. The second-order valence-corrected chi connectivity index (χ2v) is 9.06. The summed E-state index contributed by atoms with van der Waals surface area (Å²) in [6.45, 7) is 8.69. The summed E-state index contributed by atoms with van der Waals surface area (Å²) < 4.78 is 26.8. The topological polar surface area (TPSA) is 124 Å². The summed E-state index contributed by atoms with van der Waals surface area (Å²) in [5.41, 5.74) is 5.55. The molecule has 3 N–H and O–H groups in total. The molecule has 0 aromatic heterocycles. The maximum Gasteiger partial charge on any atom is 0.322 e. The van der Waals surface area contributed by atoms with Gasteiger partial charge in [0.2, 0.25) is 0 Å². The molecule has 7 nitrogen and oxygen atoms in total. The van der Waals surface area contributed by atoms with Crippen LogP contribution in [0.15, 0.2) is 12.7 Å². The zero-order valence-corrected chi connectivity index (χ0v) is 13.6. The number of aliphatic carboxylic acids is 1. The number of carbonyl (C=O) groups is 2. The van der Waals surface area contributed by atoms with E-state index in [1.165, 1.54) is 26.8 Å². The third kappa shape index (κ3) is 4.04. The molecule has 0 saturated heterocycles. The highest BCUT2D eigenvalue weighted by molar-refractivity contribution is 7.94. The van der Waals surface area contributed by atoms with Gasteiger partial charge in [-0.2, -0.15) is 0 Å². The van der Waals surface area contributed by atoms with E-state index in [9.17, 15) is 18.0 Å². The van der Waals surface area contributed by atoms with Gasteiger partial charge in [-0.05, 0) is 27.7 Å². The van der Waals surface area contributed by atoms with Crippen molar-refractivity contribution in [3.8, 4) is 0 Å². The molecule has 0 heterocycles. The van der Waals surface area contributed by atoms with E-state index in [1.54, 1.807) is 0 Å². The maximum atomic E-state index is 12.7. The fourth-order valence-corrected chi connectivity index (χ4v) is 3.96. The van der Waals surface area contributed by atoms with Gasteiger partial charge in [0.1, 0.15) is 17.4 Å². The standard InChI is InChI=1S/C13H23NO6S/c1-6-7-20-9(15)8-13(5,10(14)11(16)17)21(18,19)12(2,3)4/h6,10H,1,7-8,14H2,2-5H3,(H,16,17)/t10-,13?/m0/s1. The van der Waals surface area contributed by atoms with Crippen molar-refractivity contribution in [2.45, 2.75) is 49.7 Å². The number of carboxylic acids is 1. The van der Waals surface area contributed by atoms with Crippen molar-refractivity contribution < 1.29 is 27.9 Å². The molecule has 0 aromatic rings. The maximum absolute atomic E-state index is 12.7. The van der Waals surface area contributed by atoms with Crippen LogP contribution in [0.4, 0.5) is 0 Å². The summed E-state index contributed by atoms with van der Waals surface area (Å²) in [7, 11) is -4.03. The molecule has 0 aliphatic carbocycles. The van der Waals surface area contributed by atoms with Crippen molar-refractivity contribution in [3.63, 3.8) is 0 Å². The summed E-state index contributed by atoms with van der Waals surface area (Å²) in [6.07, 6.45) is 0.679. The zero-order valence-electron chi connectivity index (χ0n) is 12.8. The number of ether oxygens (including phenoxy) is 1. The lowest BCUT2D eigenvalue weighted by Crippen LogP contribution is -2.60. The lowest BCUT2D eigenvalue weighted by atomic mass is 9.98. The lowest BCUT2D eigenvalue weighted by molar-refractivity contribution is -0.144. The molecule has 0 spiro atoms. The van der Waals surface area contributed by atoms with Crippen LogP contribution in [-0.4, -0.2) is 47.6 Å². The van der Waals surface area contributed by atoms with Crippen LogP contribution in [-0.2, 0) is 24.2 Å². The smallest absolute Gasteiger partial charge is 0.322 e. The van der Waals surface area contributed by atoms with Gasteiger partial charge in [0.05, 0.1) is 11.2 Å². The van der Waals surface area contributed by atoms with E-state index in [1.807, 2.05) is 0 Å². The molecule has 0 aliphatic heterocycles.